The number of alkyl halides is 3. The third-order valence-electron chi connectivity index (χ3n) is 6.38. The van der Waals surface area contributed by atoms with Gasteiger partial charge in [-0.25, -0.2) is 4.98 Å². The number of piperidine rings is 1. The molecule has 0 unspecified atom stereocenters. The van der Waals surface area contributed by atoms with Gasteiger partial charge in [-0.3, -0.25) is 0 Å². The van der Waals surface area contributed by atoms with E-state index in [-0.39, 0.29) is 17.4 Å². The van der Waals surface area contributed by atoms with Gasteiger partial charge in [0.1, 0.15) is 5.75 Å². The van der Waals surface area contributed by atoms with Gasteiger partial charge in [-0.1, -0.05) is 12.1 Å². The quantitative estimate of drug-likeness (QED) is 0.536. The molecule has 2 fully saturated rings. The molecule has 1 atom stereocenters. The third kappa shape index (κ3) is 4.78. The molecule has 0 N–H and O–H groups in total. The summed E-state index contributed by atoms with van der Waals surface area (Å²) < 4.78 is 50.2. The number of benzene rings is 1. The van der Waals surface area contributed by atoms with Crippen LogP contribution in [0.25, 0.3) is 0 Å². The predicted molar refractivity (Wildman–Crippen MR) is 115 cm³/mol. The number of aromatic nitrogens is 3. The topological polar surface area (TPSA) is 60.4 Å². The fourth-order valence-electron chi connectivity index (χ4n) is 4.57. The SMILES string of the molecule is FC(F)(F)c1ccc(Oc2cccc([C@@H]3COC4(CCN(c5cccnn5)CC4)C3)c2)nc1. The number of hydrogen-bond donors (Lipinski definition) is 0. The number of halogens is 3. The molecule has 2 aliphatic heterocycles. The molecule has 3 aromatic rings. The molecule has 2 saturated heterocycles. The van der Waals surface area contributed by atoms with Gasteiger partial charge >= 0.3 is 6.18 Å². The highest BCUT2D eigenvalue weighted by molar-refractivity contribution is 5.38. The second kappa shape index (κ2) is 8.62. The number of anilines is 1. The summed E-state index contributed by atoms with van der Waals surface area (Å²) in [5, 5.41) is 8.17. The highest BCUT2D eigenvalue weighted by Crippen LogP contribution is 2.43. The average Bonchev–Trinajstić information content (AvgIpc) is 3.24. The van der Waals surface area contributed by atoms with Crippen molar-refractivity contribution in [3.05, 3.63) is 72.1 Å². The number of nitrogens with zero attached hydrogens (tertiary/aromatic N) is 4. The minimum atomic E-state index is -4.42. The first-order valence-electron chi connectivity index (χ1n) is 10.9. The van der Waals surface area contributed by atoms with Gasteiger partial charge in [0.25, 0.3) is 0 Å². The Morgan fingerprint density at radius 1 is 1.06 bits per heavy atom. The van der Waals surface area contributed by atoms with E-state index in [0.29, 0.717) is 12.4 Å². The van der Waals surface area contributed by atoms with E-state index < -0.39 is 11.7 Å². The molecular weight excluding hydrogens is 433 g/mol. The molecule has 5 rings (SSSR count). The maximum Gasteiger partial charge on any atom is 0.417 e. The van der Waals surface area contributed by atoms with Crippen molar-refractivity contribution < 1.29 is 22.6 Å². The Morgan fingerprint density at radius 3 is 2.61 bits per heavy atom. The Labute approximate surface area is 189 Å². The van der Waals surface area contributed by atoms with E-state index in [2.05, 4.69) is 20.1 Å². The molecule has 2 aliphatic rings. The summed E-state index contributed by atoms with van der Waals surface area (Å²) in [5.74, 6) is 1.79. The Morgan fingerprint density at radius 2 is 1.91 bits per heavy atom. The first-order chi connectivity index (χ1) is 15.9. The van der Waals surface area contributed by atoms with Crippen molar-refractivity contribution in [3.8, 4) is 11.6 Å². The molecule has 2 aromatic heterocycles. The summed E-state index contributed by atoms with van der Waals surface area (Å²) in [6, 6.07) is 13.7. The largest absolute Gasteiger partial charge is 0.439 e. The Bertz CT molecular complexity index is 1080. The van der Waals surface area contributed by atoms with E-state index in [9.17, 15) is 13.2 Å². The standard InChI is InChI=1S/C24H23F3N4O2/c25-24(26,27)19-6-7-22(28-15-19)33-20-4-1-3-17(13-20)18-14-23(32-16-18)8-11-31(12-9-23)21-5-2-10-29-30-21/h1-7,10,13,15,18H,8-9,11-12,14,16H2/t18-/m0/s1. The second-order valence-corrected chi connectivity index (χ2v) is 8.52. The maximum absolute atomic E-state index is 12.7. The van der Waals surface area contributed by atoms with Crippen molar-refractivity contribution in [1.29, 1.82) is 0 Å². The van der Waals surface area contributed by atoms with Crippen LogP contribution in [0.15, 0.2) is 60.9 Å². The summed E-state index contributed by atoms with van der Waals surface area (Å²) in [7, 11) is 0. The smallest absolute Gasteiger partial charge is 0.417 e. The van der Waals surface area contributed by atoms with Gasteiger partial charge < -0.3 is 14.4 Å². The van der Waals surface area contributed by atoms with Crippen molar-refractivity contribution in [3.63, 3.8) is 0 Å². The zero-order valence-corrected chi connectivity index (χ0v) is 17.8. The molecule has 33 heavy (non-hydrogen) atoms. The summed E-state index contributed by atoms with van der Waals surface area (Å²) in [6.45, 7) is 2.37. The van der Waals surface area contributed by atoms with E-state index in [1.165, 1.54) is 6.07 Å². The van der Waals surface area contributed by atoms with Crippen LogP contribution in [0.2, 0.25) is 0 Å². The lowest BCUT2D eigenvalue weighted by atomic mass is 9.83. The summed E-state index contributed by atoms with van der Waals surface area (Å²) in [5.41, 5.74) is 0.143. The van der Waals surface area contributed by atoms with Gasteiger partial charge in [0.15, 0.2) is 5.82 Å². The van der Waals surface area contributed by atoms with Crippen LogP contribution in [0.4, 0.5) is 19.0 Å². The van der Waals surface area contributed by atoms with Crippen molar-refractivity contribution in [2.75, 3.05) is 24.6 Å². The second-order valence-electron chi connectivity index (χ2n) is 8.52. The molecule has 0 amide bonds. The van der Waals surface area contributed by atoms with Gasteiger partial charge in [0, 0.05) is 37.5 Å². The normalized spacial score (nSPS) is 20.2. The highest BCUT2D eigenvalue weighted by atomic mass is 19.4. The Balaban J connectivity index is 1.22. The zero-order valence-electron chi connectivity index (χ0n) is 17.8. The lowest BCUT2D eigenvalue weighted by Gasteiger charge is -2.39. The summed E-state index contributed by atoms with van der Waals surface area (Å²) in [4.78, 5) is 6.02. The van der Waals surface area contributed by atoms with E-state index >= 15 is 0 Å². The fourth-order valence-corrected chi connectivity index (χ4v) is 4.57. The molecule has 0 radical (unpaired) electrons. The zero-order chi connectivity index (χ0) is 22.9. The maximum atomic E-state index is 12.7. The first-order valence-corrected chi connectivity index (χ1v) is 10.9. The van der Waals surface area contributed by atoms with Crippen molar-refractivity contribution in [1.82, 2.24) is 15.2 Å². The molecule has 9 heteroatoms. The Kier molecular flexibility index (Phi) is 5.65. The van der Waals surface area contributed by atoms with Crippen LogP contribution >= 0.6 is 0 Å². The van der Waals surface area contributed by atoms with Gasteiger partial charge in [-0.2, -0.15) is 18.3 Å². The molecule has 0 aliphatic carbocycles. The molecular formula is C24H23F3N4O2. The van der Waals surface area contributed by atoms with Crippen LogP contribution in [0.3, 0.4) is 0 Å². The molecule has 1 aromatic carbocycles. The number of ether oxygens (including phenoxy) is 2. The predicted octanol–water partition coefficient (Wildman–Crippen LogP) is 5.23. The van der Waals surface area contributed by atoms with Crippen molar-refractivity contribution in [2.45, 2.75) is 37.0 Å². The van der Waals surface area contributed by atoms with Gasteiger partial charge in [-0.05, 0) is 55.2 Å². The van der Waals surface area contributed by atoms with E-state index in [1.807, 2.05) is 30.3 Å². The number of rotatable bonds is 4. The average molecular weight is 456 g/mol. The molecule has 172 valence electrons. The van der Waals surface area contributed by atoms with Gasteiger partial charge in [-0.15, -0.1) is 5.10 Å². The van der Waals surface area contributed by atoms with Crippen molar-refractivity contribution in [2.24, 2.45) is 0 Å². The lowest BCUT2D eigenvalue weighted by Crippen LogP contribution is -2.44. The third-order valence-corrected chi connectivity index (χ3v) is 6.38. The van der Waals surface area contributed by atoms with Crippen molar-refractivity contribution >= 4 is 5.82 Å². The molecule has 6 nitrogen and oxygen atoms in total. The lowest BCUT2D eigenvalue weighted by molar-refractivity contribution is -0.137. The van der Waals surface area contributed by atoms with Crippen LogP contribution in [0.1, 0.15) is 36.3 Å². The van der Waals surface area contributed by atoms with Crippen LogP contribution in [-0.4, -0.2) is 40.5 Å². The van der Waals surface area contributed by atoms with Gasteiger partial charge in [0.2, 0.25) is 5.88 Å². The number of hydrogen-bond acceptors (Lipinski definition) is 6. The molecule has 0 saturated carbocycles. The van der Waals surface area contributed by atoms with E-state index in [4.69, 9.17) is 9.47 Å². The molecule has 1 spiro atoms. The van der Waals surface area contributed by atoms with Crippen LogP contribution < -0.4 is 9.64 Å². The van der Waals surface area contributed by atoms with Crippen LogP contribution in [0, 0.1) is 0 Å². The van der Waals surface area contributed by atoms with E-state index in [0.717, 1.165) is 56.0 Å². The first kappa shape index (κ1) is 21.6. The molecule has 0 bridgehead atoms. The summed E-state index contributed by atoms with van der Waals surface area (Å²) in [6.07, 6.45) is 0.793. The van der Waals surface area contributed by atoms with Crippen LogP contribution in [0.5, 0.6) is 11.6 Å². The molecule has 4 heterocycles. The van der Waals surface area contributed by atoms with E-state index in [1.54, 1.807) is 12.3 Å². The summed E-state index contributed by atoms with van der Waals surface area (Å²) >= 11 is 0. The monoisotopic (exact) mass is 456 g/mol. The minimum Gasteiger partial charge on any atom is -0.439 e. The number of pyridine rings is 1. The Hall–Kier alpha value is -3.20. The van der Waals surface area contributed by atoms with Crippen LogP contribution in [-0.2, 0) is 10.9 Å². The highest BCUT2D eigenvalue weighted by Gasteiger charge is 2.43. The minimum absolute atomic E-state index is 0.121. The fraction of sp³-hybridized carbons (Fsp3) is 0.375. The van der Waals surface area contributed by atoms with Gasteiger partial charge in [0.05, 0.1) is 17.8 Å².